The number of pyridine rings is 1. The van der Waals surface area contributed by atoms with Gasteiger partial charge < -0.3 is 5.32 Å². The van der Waals surface area contributed by atoms with Crippen LogP contribution in [0.2, 0.25) is 0 Å². The van der Waals surface area contributed by atoms with Gasteiger partial charge in [-0.15, -0.1) is 0 Å². The molecule has 6 heteroatoms. The Hall–Kier alpha value is -0.980. The van der Waals surface area contributed by atoms with Crippen LogP contribution in [0, 0.1) is 0 Å². The lowest BCUT2D eigenvalue weighted by Crippen LogP contribution is -2.57. The minimum absolute atomic E-state index is 0.0116. The van der Waals surface area contributed by atoms with Crippen LogP contribution in [0.3, 0.4) is 0 Å². The van der Waals surface area contributed by atoms with Crippen molar-refractivity contribution in [3.63, 3.8) is 0 Å². The zero-order valence-corrected chi connectivity index (χ0v) is 12.2. The third-order valence-electron chi connectivity index (χ3n) is 3.41. The second-order valence-electron chi connectivity index (χ2n) is 5.07. The smallest absolute Gasteiger partial charge is 0.215 e. The predicted octanol–water partition coefficient (Wildman–Crippen LogP) is 0.636. The lowest BCUT2D eigenvalue weighted by atomic mass is 10.2. The monoisotopic (exact) mass is 283 g/mol. The van der Waals surface area contributed by atoms with Gasteiger partial charge in [0.05, 0.1) is 5.75 Å². The van der Waals surface area contributed by atoms with Gasteiger partial charge in [-0.05, 0) is 26.0 Å². The van der Waals surface area contributed by atoms with E-state index in [1.165, 1.54) is 0 Å². The molecule has 1 fully saturated rings. The molecule has 1 aliphatic rings. The van der Waals surface area contributed by atoms with Crippen molar-refractivity contribution in [1.29, 1.82) is 0 Å². The number of aromatic nitrogens is 1. The number of sulfonamides is 1. The highest BCUT2D eigenvalue weighted by molar-refractivity contribution is 7.89. The summed E-state index contributed by atoms with van der Waals surface area (Å²) in [5.41, 5.74) is 0.821. The summed E-state index contributed by atoms with van der Waals surface area (Å²) in [7, 11) is -3.23. The number of hydrogen-bond donors (Lipinski definition) is 1. The van der Waals surface area contributed by atoms with Crippen molar-refractivity contribution in [3.8, 4) is 0 Å². The Morgan fingerprint density at radius 1 is 1.32 bits per heavy atom. The Labute approximate surface area is 115 Å². The molecule has 0 aliphatic carbocycles. The molecule has 0 saturated carbocycles. The lowest BCUT2D eigenvalue weighted by molar-refractivity contribution is 0.220. The van der Waals surface area contributed by atoms with E-state index in [2.05, 4.69) is 10.3 Å². The Balaban J connectivity index is 2.05. The van der Waals surface area contributed by atoms with Gasteiger partial charge in [0.2, 0.25) is 10.0 Å². The summed E-state index contributed by atoms with van der Waals surface area (Å²) in [5, 5.41) is 3.24. The molecule has 2 unspecified atom stereocenters. The SMILES string of the molecule is CC1CNCC(C)N1S(=O)(=O)CCc1ccccn1. The Morgan fingerprint density at radius 3 is 2.58 bits per heavy atom. The van der Waals surface area contributed by atoms with Crippen LogP contribution in [0.5, 0.6) is 0 Å². The van der Waals surface area contributed by atoms with Gasteiger partial charge in [-0.25, -0.2) is 8.42 Å². The molecule has 1 aliphatic heterocycles. The van der Waals surface area contributed by atoms with Gasteiger partial charge in [0, 0.05) is 43.5 Å². The average molecular weight is 283 g/mol. The Kier molecular flexibility index (Phi) is 4.54. The summed E-state index contributed by atoms with van der Waals surface area (Å²) in [6.45, 7) is 5.32. The molecule has 0 amide bonds. The number of nitrogens with one attached hydrogen (secondary N) is 1. The summed E-state index contributed by atoms with van der Waals surface area (Å²) < 4.78 is 26.5. The van der Waals surface area contributed by atoms with Crippen LogP contribution >= 0.6 is 0 Å². The van der Waals surface area contributed by atoms with Crippen LogP contribution in [-0.4, -0.2) is 48.6 Å². The van der Waals surface area contributed by atoms with E-state index in [0.717, 1.165) is 5.69 Å². The zero-order valence-electron chi connectivity index (χ0n) is 11.4. The van der Waals surface area contributed by atoms with E-state index in [1.54, 1.807) is 10.5 Å². The summed E-state index contributed by atoms with van der Waals surface area (Å²) in [5.74, 6) is 0.124. The van der Waals surface area contributed by atoms with E-state index in [1.807, 2.05) is 32.0 Å². The number of rotatable bonds is 4. The fourth-order valence-electron chi connectivity index (χ4n) is 2.55. The number of aryl methyl sites for hydroxylation is 1. The van der Waals surface area contributed by atoms with Crippen molar-refractivity contribution in [2.24, 2.45) is 0 Å². The lowest BCUT2D eigenvalue weighted by Gasteiger charge is -2.38. The molecule has 106 valence electrons. The summed E-state index contributed by atoms with van der Waals surface area (Å²) in [6.07, 6.45) is 2.16. The fourth-order valence-corrected chi connectivity index (χ4v) is 4.47. The van der Waals surface area contributed by atoms with Crippen LogP contribution in [0.1, 0.15) is 19.5 Å². The predicted molar refractivity (Wildman–Crippen MR) is 75.4 cm³/mol. The van der Waals surface area contributed by atoms with Crippen molar-refractivity contribution in [1.82, 2.24) is 14.6 Å². The molecule has 2 heterocycles. The van der Waals surface area contributed by atoms with E-state index in [0.29, 0.717) is 19.5 Å². The van der Waals surface area contributed by atoms with Crippen molar-refractivity contribution < 1.29 is 8.42 Å². The second kappa shape index (κ2) is 5.98. The van der Waals surface area contributed by atoms with Crippen molar-refractivity contribution in [2.75, 3.05) is 18.8 Å². The molecular formula is C13H21N3O2S. The molecule has 0 bridgehead atoms. The first-order valence-electron chi connectivity index (χ1n) is 6.62. The first kappa shape index (κ1) is 14.4. The molecular weight excluding hydrogens is 262 g/mol. The Morgan fingerprint density at radius 2 is 2.00 bits per heavy atom. The maximum atomic E-state index is 12.5. The first-order chi connectivity index (χ1) is 9.00. The van der Waals surface area contributed by atoms with Gasteiger partial charge in [0.1, 0.15) is 0 Å². The number of nitrogens with zero attached hydrogens (tertiary/aromatic N) is 2. The van der Waals surface area contributed by atoms with Crippen LogP contribution < -0.4 is 5.32 Å². The van der Waals surface area contributed by atoms with Gasteiger partial charge >= 0.3 is 0 Å². The molecule has 2 rings (SSSR count). The minimum atomic E-state index is -3.23. The van der Waals surface area contributed by atoms with Crippen LogP contribution in [0.25, 0.3) is 0 Å². The molecule has 5 nitrogen and oxygen atoms in total. The van der Waals surface area contributed by atoms with Gasteiger partial charge in [-0.3, -0.25) is 4.98 Å². The highest BCUT2D eigenvalue weighted by Gasteiger charge is 2.34. The normalized spacial score (nSPS) is 25.4. The van der Waals surface area contributed by atoms with E-state index >= 15 is 0 Å². The standard InChI is InChI=1S/C13H21N3O2S/c1-11-9-14-10-12(2)16(11)19(17,18)8-6-13-5-3-4-7-15-13/h3-5,7,11-12,14H,6,8-10H2,1-2H3. The van der Waals surface area contributed by atoms with E-state index in [9.17, 15) is 8.42 Å². The van der Waals surface area contributed by atoms with Crippen molar-refractivity contribution >= 4 is 10.0 Å². The molecule has 0 radical (unpaired) electrons. The zero-order chi connectivity index (χ0) is 13.9. The number of piperazine rings is 1. The molecule has 0 aromatic carbocycles. The maximum Gasteiger partial charge on any atom is 0.215 e. The van der Waals surface area contributed by atoms with Crippen LogP contribution in [-0.2, 0) is 16.4 Å². The summed E-state index contributed by atoms with van der Waals surface area (Å²) >= 11 is 0. The second-order valence-corrected chi connectivity index (χ2v) is 7.07. The molecule has 0 spiro atoms. The summed E-state index contributed by atoms with van der Waals surface area (Å²) in [6, 6.07) is 5.60. The largest absolute Gasteiger partial charge is 0.314 e. The minimum Gasteiger partial charge on any atom is -0.314 e. The highest BCUT2D eigenvalue weighted by atomic mass is 32.2. The highest BCUT2D eigenvalue weighted by Crippen LogP contribution is 2.16. The molecule has 1 N–H and O–H groups in total. The van der Waals surface area contributed by atoms with Crippen LogP contribution in [0.15, 0.2) is 24.4 Å². The summed E-state index contributed by atoms with van der Waals surface area (Å²) in [4.78, 5) is 4.17. The molecule has 1 aromatic heterocycles. The van der Waals surface area contributed by atoms with E-state index in [4.69, 9.17) is 0 Å². The molecule has 19 heavy (non-hydrogen) atoms. The van der Waals surface area contributed by atoms with Crippen molar-refractivity contribution in [3.05, 3.63) is 30.1 Å². The number of hydrogen-bond acceptors (Lipinski definition) is 4. The quantitative estimate of drug-likeness (QED) is 0.880. The van der Waals surface area contributed by atoms with Gasteiger partial charge in [0.25, 0.3) is 0 Å². The van der Waals surface area contributed by atoms with Gasteiger partial charge in [0.15, 0.2) is 0 Å². The third-order valence-corrected chi connectivity index (χ3v) is 5.49. The first-order valence-corrected chi connectivity index (χ1v) is 8.23. The van der Waals surface area contributed by atoms with Crippen LogP contribution in [0.4, 0.5) is 0 Å². The average Bonchev–Trinajstić information content (AvgIpc) is 2.37. The van der Waals surface area contributed by atoms with E-state index < -0.39 is 10.0 Å². The van der Waals surface area contributed by atoms with Gasteiger partial charge in [-0.1, -0.05) is 6.07 Å². The Bertz CT molecular complexity index is 494. The van der Waals surface area contributed by atoms with Gasteiger partial charge in [-0.2, -0.15) is 4.31 Å². The molecule has 1 saturated heterocycles. The fraction of sp³-hybridized carbons (Fsp3) is 0.615. The topological polar surface area (TPSA) is 62.3 Å². The molecule has 1 aromatic rings. The third kappa shape index (κ3) is 3.52. The van der Waals surface area contributed by atoms with E-state index in [-0.39, 0.29) is 17.8 Å². The maximum absolute atomic E-state index is 12.5. The van der Waals surface area contributed by atoms with Crippen molar-refractivity contribution in [2.45, 2.75) is 32.4 Å². The molecule has 2 atom stereocenters.